The van der Waals surface area contributed by atoms with Crippen LogP contribution in [0, 0.1) is 6.92 Å². The first-order valence-electron chi connectivity index (χ1n) is 7.67. The first-order chi connectivity index (χ1) is 10.7. The Morgan fingerprint density at radius 1 is 1.00 bits per heavy atom. The van der Waals surface area contributed by atoms with Gasteiger partial charge in [0, 0.05) is 23.7 Å². The van der Waals surface area contributed by atoms with E-state index in [0.29, 0.717) is 0 Å². The fourth-order valence-electron chi connectivity index (χ4n) is 2.64. The summed E-state index contributed by atoms with van der Waals surface area (Å²) in [5.41, 5.74) is 3.49. The molecule has 0 aliphatic carbocycles. The Morgan fingerprint density at radius 2 is 1.64 bits per heavy atom. The Bertz CT molecular complexity index is 640. The minimum atomic E-state index is 0.754. The number of likely N-dealkylation sites (tertiary alicyclic amines) is 1. The van der Waals surface area contributed by atoms with E-state index in [9.17, 15) is 0 Å². The molecule has 0 aromatic heterocycles. The van der Waals surface area contributed by atoms with Gasteiger partial charge in [-0.1, -0.05) is 41.4 Å². The fourth-order valence-corrected chi connectivity index (χ4v) is 2.77. The number of rotatable bonds is 4. The maximum absolute atomic E-state index is 6.00. The molecule has 2 aromatic rings. The van der Waals surface area contributed by atoms with Crippen molar-refractivity contribution in [2.24, 2.45) is 0 Å². The Balaban J connectivity index is 1.85. The van der Waals surface area contributed by atoms with Crippen molar-refractivity contribution in [3.05, 3.63) is 70.9 Å². The maximum atomic E-state index is 6.00. The van der Waals surface area contributed by atoms with E-state index in [2.05, 4.69) is 24.0 Å². The molecule has 0 radical (unpaired) electrons. The number of aryl methyl sites for hydroxylation is 1. The van der Waals surface area contributed by atoms with Gasteiger partial charge in [-0.05, 0) is 44.0 Å². The van der Waals surface area contributed by atoms with Crippen molar-refractivity contribution in [2.45, 2.75) is 19.8 Å². The number of hydrogen-bond acceptors (Lipinski definition) is 2. The summed E-state index contributed by atoms with van der Waals surface area (Å²) in [4.78, 5) is 2.37. The minimum Gasteiger partial charge on any atom is -0.463 e. The van der Waals surface area contributed by atoms with Crippen LogP contribution in [-0.4, -0.2) is 18.0 Å². The van der Waals surface area contributed by atoms with Crippen LogP contribution >= 0.6 is 11.6 Å². The highest BCUT2D eigenvalue weighted by Gasteiger charge is 2.17. The summed E-state index contributed by atoms with van der Waals surface area (Å²) in [6.07, 6.45) is 4.32. The van der Waals surface area contributed by atoms with Crippen LogP contribution in [0.15, 0.2) is 54.8 Å². The molecule has 114 valence electrons. The van der Waals surface area contributed by atoms with Gasteiger partial charge < -0.3 is 9.64 Å². The van der Waals surface area contributed by atoms with E-state index >= 15 is 0 Å². The zero-order valence-electron chi connectivity index (χ0n) is 12.8. The molecule has 0 saturated carbocycles. The Hall–Kier alpha value is -1.93. The summed E-state index contributed by atoms with van der Waals surface area (Å²) in [6.45, 7) is 4.22. The van der Waals surface area contributed by atoms with Gasteiger partial charge in [-0.25, -0.2) is 0 Å². The highest BCUT2D eigenvalue weighted by atomic mass is 35.5. The molecule has 1 saturated heterocycles. The molecule has 1 aliphatic rings. The summed E-state index contributed by atoms with van der Waals surface area (Å²) in [5, 5.41) is 0.754. The van der Waals surface area contributed by atoms with Gasteiger partial charge in [0.15, 0.2) is 0 Å². The SMILES string of the molecule is Cc1ccc(O/C=C(\c2ccc(Cl)cc2)N2CCCC2)cc1. The molecular formula is C19H20ClNO. The molecule has 22 heavy (non-hydrogen) atoms. The third kappa shape index (κ3) is 3.63. The summed E-state index contributed by atoms with van der Waals surface area (Å²) < 4.78 is 5.88. The van der Waals surface area contributed by atoms with E-state index in [1.54, 1.807) is 0 Å². The molecule has 1 heterocycles. The second-order valence-electron chi connectivity index (χ2n) is 5.64. The minimum absolute atomic E-state index is 0.754. The van der Waals surface area contributed by atoms with Gasteiger partial charge in [0.1, 0.15) is 12.0 Å². The standard InChI is InChI=1S/C19H20ClNO/c1-15-4-10-18(11-5-15)22-14-19(21-12-2-3-13-21)16-6-8-17(20)9-7-16/h4-11,14H,2-3,12-13H2,1H3/b19-14+. The summed E-state index contributed by atoms with van der Waals surface area (Å²) in [7, 11) is 0. The molecule has 0 atom stereocenters. The van der Waals surface area contributed by atoms with Gasteiger partial charge in [0.25, 0.3) is 0 Å². The lowest BCUT2D eigenvalue weighted by Gasteiger charge is -2.21. The second kappa shape index (κ2) is 6.89. The van der Waals surface area contributed by atoms with Gasteiger partial charge in [-0.15, -0.1) is 0 Å². The predicted molar refractivity (Wildman–Crippen MR) is 92.0 cm³/mol. The Kier molecular flexibility index (Phi) is 4.69. The molecular weight excluding hydrogens is 294 g/mol. The first kappa shape index (κ1) is 15.0. The number of ether oxygens (including phenoxy) is 1. The number of halogens is 1. The molecule has 0 N–H and O–H groups in total. The lowest BCUT2D eigenvalue weighted by Crippen LogP contribution is -2.18. The number of benzene rings is 2. The fraction of sp³-hybridized carbons (Fsp3) is 0.263. The topological polar surface area (TPSA) is 12.5 Å². The molecule has 2 nitrogen and oxygen atoms in total. The maximum Gasteiger partial charge on any atom is 0.126 e. The van der Waals surface area contributed by atoms with Gasteiger partial charge in [-0.2, -0.15) is 0 Å². The van der Waals surface area contributed by atoms with Gasteiger partial charge >= 0.3 is 0 Å². The molecule has 0 unspecified atom stereocenters. The van der Waals surface area contributed by atoms with E-state index < -0.39 is 0 Å². The predicted octanol–water partition coefficient (Wildman–Crippen LogP) is 5.12. The van der Waals surface area contributed by atoms with E-state index in [-0.39, 0.29) is 0 Å². The molecule has 0 amide bonds. The quantitative estimate of drug-likeness (QED) is 0.726. The van der Waals surface area contributed by atoms with Crippen molar-refractivity contribution in [1.29, 1.82) is 0 Å². The van der Waals surface area contributed by atoms with E-state index in [4.69, 9.17) is 16.3 Å². The van der Waals surface area contributed by atoms with Crippen LogP contribution in [0.25, 0.3) is 5.70 Å². The largest absolute Gasteiger partial charge is 0.463 e. The first-order valence-corrected chi connectivity index (χ1v) is 8.04. The van der Waals surface area contributed by atoms with Crippen molar-refractivity contribution in [1.82, 2.24) is 4.90 Å². The van der Waals surface area contributed by atoms with Crippen LogP contribution in [0.5, 0.6) is 5.75 Å². The van der Waals surface area contributed by atoms with E-state index in [1.807, 2.05) is 42.7 Å². The van der Waals surface area contributed by atoms with Crippen molar-refractivity contribution in [3.8, 4) is 5.75 Å². The average molecular weight is 314 g/mol. The zero-order chi connectivity index (χ0) is 15.4. The van der Waals surface area contributed by atoms with Crippen LogP contribution in [0.4, 0.5) is 0 Å². The third-order valence-electron chi connectivity index (χ3n) is 3.91. The lowest BCUT2D eigenvalue weighted by atomic mass is 10.1. The molecule has 1 aliphatic heterocycles. The van der Waals surface area contributed by atoms with Crippen LogP contribution < -0.4 is 4.74 Å². The van der Waals surface area contributed by atoms with Gasteiger partial charge in [-0.3, -0.25) is 0 Å². The molecule has 1 fully saturated rings. The van der Waals surface area contributed by atoms with Gasteiger partial charge in [0.2, 0.25) is 0 Å². The zero-order valence-corrected chi connectivity index (χ0v) is 13.5. The molecule has 3 rings (SSSR count). The lowest BCUT2D eigenvalue weighted by molar-refractivity contribution is 0.442. The smallest absolute Gasteiger partial charge is 0.126 e. The monoisotopic (exact) mass is 313 g/mol. The van der Waals surface area contributed by atoms with Crippen molar-refractivity contribution in [2.75, 3.05) is 13.1 Å². The van der Waals surface area contributed by atoms with E-state index in [0.717, 1.165) is 35.1 Å². The molecule has 0 bridgehead atoms. The Morgan fingerprint density at radius 3 is 2.27 bits per heavy atom. The summed E-state index contributed by atoms with van der Waals surface area (Å²) in [5.74, 6) is 0.858. The molecule has 2 aromatic carbocycles. The van der Waals surface area contributed by atoms with Gasteiger partial charge in [0.05, 0.1) is 5.70 Å². The molecule has 0 spiro atoms. The summed E-state index contributed by atoms with van der Waals surface area (Å²) in [6, 6.07) is 16.0. The Labute approximate surface area is 137 Å². The van der Waals surface area contributed by atoms with Crippen molar-refractivity contribution >= 4 is 17.3 Å². The van der Waals surface area contributed by atoms with Crippen LogP contribution in [0.2, 0.25) is 5.02 Å². The van der Waals surface area contributed by atoms with Crippen LogP contribution in [0.3, 0.4) is 0 Å². The van der Waals surface area contributed by atoms with Crippen molar-refractivity contribution in [3.63, 3.8) is 0 Å². The normalized spacial score (nSPS) is 15.2. The average Bonchev–Trinajstić information content (AvgIpc) is 3.05. The third-order valence-corrected chi connectivity index (χ3v) is 4.17. The highest BCUT2D eigenvalue weighted by molar-refractivity contribution is 6.30. The number of nitrogens with zero attached hydrogens (tertiary/aromatic N) is 1. The van der Waals surface area contributed by atoms with Crippen LogP contribution in [-0.2, 0) is 0 Å². The molecule has 3 heteroatoms. The van der Waals surface area contributed by atoms with Crippen LogP contribution in [0.1, 0.15) is 24.0 Å². The number of hydrogen-bond donors (Lipinski definition) is 0. The van der Waals surface area contributed by atoms with E-state index in [1.165, 1.54) is 18.4 Å². The van der Waals surface area contributed by atoms with Crippen molar-refractivity contribution < 1.29 is 4.74 Å². The summed E-state index contributed by atoms with van der Waals surface area (Å²) >= 11 is 6.00. The second-order valence-corrected chi connectivity index (χ2v) is 6.07. The highest BCUT2D eigenvalue weighted by Crippen LogP contribution is 2.26.